The summed E-state index contributed by atoms with van der Waals surface area (Å²) in [6.45, 7) is 3.75. The molecule has 0 atom stereocenters. The minimum Gasteiger partial charge on any atom is -0.463 e. The Balaban J connectivity index is 3.08. The van der Waals surface area contributed by atoms with Crippen molar-refractivity contribution in [2.24, 2.45) is 0 Å². The summed E-state index contributed by atoms with van der Waals surface area (Å²) in [6.07, 6.45) is 0.308. The topological polar surface area (TPSA) is 44.8 Å². The monoisotopic (exact) mass is 176 g/mol. The van der Waals surface area contributed by atoms with Gasteiger partial charge in [-0.25, -0.2) is 0 Å². The zero-order valence-corrected chi connectivity index (χ0v) is 7.67. The van der Waals surface area contributed by atoms with Crippen LogP contribution in [-0.4, -0.2) is 39.5 Å². The van der Waals surface area contributed by atoms with E-state index in [-0.39, 0.29) is 5.97 Å². The molecular weight excluding hydrogens is 160 g/mol. The van der Waals surface area contributed by atoms with Crippen LogP contribution in [0.4, 0.5) is 0 Å². The number of rotatable bonds is 7. The number of carbonyl (C=O) groups excluding carboxylic acids is 1. The third-order valence-corrected chi connectivity index (χ3v) is 1.21. The van der Waals surface area contributed by atoms with Gasteiger partial charge in [-0.15, -0.1) is 0 Å². The molecule has 0 aliphatic carbocycles. The molecule has 0 aromatic heterocycles. The van der Waals surface area contributed by atoms with Gasteiger partial charge < -0.3 is 14.2 Å². The highest BCUT2D eigenvalue weighted by Crippen LogP contribution is 1.87. The SMILES string of the molecule is CCOCCOC(=O)CCOC. The third kappa shape index (κ3) is 7.50. The molecule has 0 unspecified atom stereocenters. The maximum Gasteiger partial charge on any atom is 0.308 e. The van der Waals surface area contributed by atoms with E-state index in [1.807, 2.05) is 6.92 Å². The predicted molar refractivity (Wildman–Crippen MR) is 43.9 cm³/mol. The molecule has 0 radical (unpaired) electrons. The average molecular weight is 176 g/mol. The molecule has 0 aliphatic rings. The van der Waals surface area contributed by atoms with E-state index >= 15 is 0 Å². The van der Waals surface area contributed by atoms with E-state index in [9.17, 15) is 4.79 Å². The van der Waals surface area contributed by atoms with Gasteiger partial charge >= 0.3 is 5.97 Å². The van der Waals surface area contributed by atoms with Crippen LogP contribution in [0.2, 0.25) is 0 Å². The van der Waals surface area contributed by atoms with Crippen LogP contribution in [0.1, 0.15) is 13.3 Å². The highest BCUT2D eigenvalue weighted by molar-refractivity contribution is 5.69. The second-order valence-corrected chi connectivity index (χ2v) is 2.16. The van der Waals surface area contributed by atoms with E-state index < -0.39 is 0 Å². The number of hydrogen-bond donors (Lipinski definition) is 0. The summed E-state index contributed by atoms with van der Waals surface area (Å²) in [4.78, 5) is 10.8. The van der Waals surface area contributed by atoms with Gasteiger partial charge in [-0.3, -0.25) is 4.79 Å². The summed E-state index contributed by atoms with van der Waals surface area (Å²) in [5, 5.41) is 0. The van der Waals surface area contributed by atoms with Crippen LogP contribution in [0.3, 0.4) is 0 Å². The number of methoxy groups -OCH3 is 1. The van der Waals surface area contributed by atoms with Crippen molar-refractivity contribution in [3.05, 3.63) is 0 Å². The lowest BCUT2D eigenvalue weighted by molar-refractivity contribution is -0.146. The van der Waals surface area contributed by atoms with Gasteiger partial charge in [0.05, 0.1) is 19.6 Å². The molecule has 0 amide bonds. The second kappa shape index (κ2) is 8.49. The molecular formula is C8H16O4. The zero-order chi connectivity index (χ0) is 9.23. The molecule has 0 aromatic rings. The normalized spacial score (nSPS) is 9.83. The van der Waals surface area contributed by atoms with Crippen molar-refractivity contribution in [1.82, 2.24) is 0 Å². The van der Waals surface area contributed by atoms with E-state index in [4.69, 9.17) is 14.2 Å². The number of hydrogen-bond acceptors (Lipinski definition) is 4. The Morgan fingerprint density at radius 1 is 1.25 bits per heavy atom. The minimum atomic E-state index is -0.239. The maximum atomic E-state index is 10.8. The fraction of sp³-hybridized carbons (Fsp3) is 0.875. The van der Waals surface area contributed by atoms with E-state index in [1.165, 1.54) is 0 Å². The van der Waals surface area contributed by atoms with Crippen molar-refractivity contribution in [2.45, 2.75) is 13.3 Å². The third-order valence-electron chi connectivity index (χ3n) is 1.21. The summed E-state index contributed by atoms with van der Waals surface area (Å²) >= 11 is 0. The van der Waals surface area contributed by atoms with E-state index in [0.717, 1.165) is 0 Å². The molecule has 4 heteroatoms. The van der Waals surface area contributed by atoms with Gasteiger partial charge in [0, 0.05) is 13.7 Å². The predicted octanol–water partition coefficient (Wildman–Crippen LogP) is 0.603. The van der Waals surface area contributed by atoms with Crippen LogP contribution in [0.5, 0.6) is 0 Å². The Kier molecular flexibility index (Phi) is 8.05. The lowest BCUT2D eigenvalue weighted by Crippen LogP contribution is -2.12. The quantitative estimate of drug-likeness (QED) is 0.421. The molecule has 12 heavy (non-hydrogen) atoms. The van der Waals surface area contributed by atoms with Crippen LogP contribution < -0.4 is 0 Å². The molecule has 0 rings (SSSR count). The molecule has 0 fully saturated rings. The first kappa shape index (κ1) is 11.4. The van der Waals surface area contributed by atoms with Crippen molar-refractivity contribution in [3.8, 4) is 0 Å². The second-order valence-electron chi connectivity index (χ2n) is 2.16. The van der Waals surface area contributed by atoms with Gasteiger partial charge in [-0.05, 0) is 6.92 Å². The summed E-state index contributed by atoms with van der Waals surface area (Å²) in [7, 11) is 1.55. The highest BCUT2D eigenvalue weighted by Gasteiger charge is 2.00. The van der Waals surface area contributed by atoms with E-state index in [0.29, 0.717) is 32.8 Å². The van der Waals surface area contributed by atoms with Gasteiger partial charge in [-0.1, -0.05) is 0 Å². The molecule has 0 bridgehead atoms. The van der Waals surface area contributed by atoms with Crippen LogP contribution in [0.15, 0.2) is 0 Å². The zero-order valence-electron chi connectivity index (χ0n) is 7.67. The molecule has 4 nitrogen and oxygen atoms in total. The van der Waals surface area contributed by atoms with Crippen molar-refractivity contribution in [3.63, 3.8) is 0 Å². The number of esters is 1. The Bertz CT molecular complexity index is 114. The van der Waals surface area contributed by atoms with Gasteiger partial charge in [0.2, 0.25) is 0 Å². The molecule has 0 aliphatic heterocycles. The molecule has 0 spiro atoms. The first-order valence-corrected chi connectivity index (χ1v) is 4.03. The summed E-state index contributed by atoms with van der Waals surface area (Å²) in [6, 6.07) is 0. The fourth-order valence-electron chi connectivity index (χ4n) is 0.616. The lowest BCUT2D eigenvalue weighted by Gasteiger charge is -2.03. The van der Waals surface area contributed by atoms with Gasteiger partial charge in [0.1, 0.15) is 6.61 Å². The Labute approximate surface area is 72.8 Å². The first-order valence-electron chi connectivity index (χ1n) is 4.03. The first-order chi connectivity index (χ1) is 5.81. The van der Waals surface area contributed by atoms with Crippen LogP contribution in [0, 0.1) is 0 Å². The van der Waals surface area contributed by atoms with E-state index in [1.54, 1.807) is 7.11 Å². The smallest absolute Gasteiger partial charge is 0.308 e. The van der Waals surface area contributed by atoms with Crippen molar-refractivity contribution >= 4 is 5.97 Å². The van der Waals surface area contributed by atoms with Crippen molar-refractivity contribution in [1.29, 1.82) is 0 Å². The average Bonchev–Trinajstić information content (AvgIpc) is 2.09. The molecule has 0 heterocycles. The summed E-state index contributed by atoms with van der Waals surface area (Å²) in [5.74, 6) is -0.239. The molecule has 0 N–H and O–H groups in total. The van der Waals surface area contributed by atoms with Crippen LogP contribution >= 0.6 is 0 Å². The van der Waals surface area contributed by atoms with Crippen molar-refractivity contribution < 1.29 is 19.0 Å². The van der Waals surface area contributed by atoms with Gasteiger partial charge in [-0.2, -0.15) is 0 Å². The summed E-state index contributed by atoms with van der Waals surface area (Å²) in [5.41, 5.74) is 0. The lowest BCUT2D eigenvalue weighted by atomic mass is 10.5. The largest absolute Gasteiger partial charge is 0.463 e. The van der Waals surface area contributed by atoms with Gasteiger partial charge in [0.25, 0.3) is 0 Å². The minimum absolute atomic E-state index is 0.239. The maximum absolute atomic E-state index is 10.8. The molecule has 0 aromatic carbocycles. The number of carbonyl (C=O) groups is 1. The number of ether oxygens (including phenoxy) is 3. The van der Waals surface area contributed by atoms with Crippen LogP contribution in [0.25, 0.3) is 0 Å². The Morgan fingerprint density at radius 3 is 2.58 bits per heavy atom. The molecule has 0 saturated carbocycles. The Hall–Kier alpha value is -0.610. The van der Waals surface area contributed by atoms with E-state index in [2.05, 4.69) is 0 Å². The Morgan fingerprint density at radius 2 is 2.00 bits per heavy atom. The molecule has 0 saturated heterocycles. The fourth-order valence-corrected chi connectivity index (χ4v) is 0.616. The van der Waals surface area contributed by atoms with Crippen LogP contribution in [-0.2, 0) is 19.0 Å². The van der Waals surface area contributed by atoms with Gasteiger partial charge in [0.15, 0.2) is 0 Å². The summed E-state index contributed by atoms with van der Waals surface area (Å²) < 4.78 is 14.5. The molecule has 72 valence electrons. The van der Waals surface area contributed by atoms with Crippen molar-refractivity contribution in [2.75, 3.05) is 33.5 Å². The standard InChI is InChI=1S/C8H16O4/c1-3-11-6-7-12-8(9)4-5-10-2/h3-7H2,1-2H3. The highest BCUT2D eigenvalue weighted by atomic mass is 16.6.